The number of rotatable bonds is 4. The van der Waals surface area contributed by atoms with Crippen molar-refractivity contribution in [2.24, 2.45) is 5.92 Å². The topological polar surface area (TPSA) is 41.6 Å². The minimum atomic E-state index is 0.0769. The van der Waals surface area contributed by atoms with E-state index < -0.39 is 0 Å². The number of hydrogen-bond acceptors (Lipinski definition) is 3. The van der Waals surface area contributed by atoms with E-state index in [0.717, 1.165) is 26.2 Å². The molecular formula is C10H20N2O2. The average Bonchev–Trinajstić information content (AvgIpc) is 2.26. The zero-order chi connectivity index (χ0) is 10.4. The molecule has 1 aliphatic heterocycles. The van der Waals surface area contributed by atoms with Gasteiger partial charge in [0.2, 0.25) is 5.91 Å². The van der Waals surface area contributed by atoms with Crippen molar-refractivity contribution in [2.75, 3.05) is 39.4 Å². The largest absolute Gasteiger partial charge is 0.378 e. The highest BCUT2D eigenvalue weighted by Gasteiger charge is 2.21. The van der Waals surface area contributed by atoms with Crippen LogP contribution in [0.4, 0.5) is 0 Å². The molecule has 1 rings (SSSR count). The minimum absolute atomic E-state index is 0.0769. The fourth-order valence-electron chi connectivity index (χ4n) is 1.54. The van der Waals surface area contributed by atoms with E-state index >= 15 is 0 Å². The van der Waals surface area contributed by atoms with Crippen LogP contribution in [-0.2, 0) is 9.53 Å². The second kappa shape index (κ2) is 5.98. The summed E-state index contributed by atoms with van der Waals surface area (Å²) in [6.07, 6.45) is 0. The summed E-state index contributed by atoms with van der Waals surface area (Å²) in [5.74, 6) is 0.322. The first-order valence-corrected chi connectivity index (χ1v) is 5.33. The van der Waals surface area contributed by atoms with Crippen molar-refractivity contribution in [3.8, 4) is 0 Å². The highest BCUT2D eigenvalue weighted by atomic mass is 16.5. The van der Waals surface area contributed by atoms with Crippen LogP contribution in [0.5, 0.6) is 0 Å². The van der Waals surface area contributed by atoms with Crippen LogP contribution in [0.1, 0.15) is 13.8 Å². The summed E-state index contributed by atoms with van der Waals surface area (Å²) in [6, 6.07) is 0. The number of carbonyl (C=O) groups is 1. The summed E-state index contributed by atoms with van der Waals surface area (Å²) in [5, 5.41) is 3.19. The van der Waals surface area contributed by atoms with Gasteiger partial charge >= 0.3 is 0 Å². The van der Waals surface area contributed by atoms with Gasteiger partial charge in [0.05, 0.1) is 13.2 Å². The molecule has 0 spiro atoms. The minimum Gasteiger partial charge on any atom is -0.378 e. The Morgan fingerprint density at radius 2 is 2.14 bits per heavy atom. The van der Waals surface area contributed by atoms with Gasteiger partial charge in [0.1, 0.15) is 0 Å². The number of nitrogens with one attached hydrogen (secondary N) is 1. The lowest BCUT2D eigenvalue weighted by atomic mass is 10.1. The second-order valence-electron chi connectivity index (χ2n) is 3.65. The SMILES string of the molecule is CCNCC(C)C(=O)N1CCOCC1. The Morgan fingerprint density at radius 3 is 2.71 bits per heavy atom. The van der Waals surface area contributed by atoms with Gasteiger partial charge in [0.15, 0.2) is 0 Å². The van der Waals surface area contributed by atoms with Gasteiger partial charge in [-0.05, 0) is 6.54 Å². The third kappa shape index (κ3) is 3.27. The van der Waals surface area contributed by atoms with Crippen molar-refractivity contribution in [2.45, 2.75) is 13.8 Å². The predicted octanol–water partition coefficient (Wildman–Crippen LogP) is 0.0908. The van der Waals surface area contributed by atoms with Gasteiger partial charge in [-0.3, -0.25) is 4.79 Å². The molecule has 82 valence electrons. The summed E-state index contributed by atoms with van der Waals surface area (Å²) >= 11 is 0. The van der Waals surface area contributed by atoms with E-state index in [9.17, 15) is 4.79 Å². The molecule has 1 aliphatic rings. The molecule has 0 saturated carbocycles. The zero-order valence-electron chi connectivity index (χ0n) is 9.08. The summed E-state index contributed by atoms with van der Waals surface area (Å²) in [6.45, 7) is 8.56. The monoisotopic (exact) mass is 200 g/mol. The zero-order valence-corrected chi connectivity index (χ0v) is 9.08. The second-order valence-corrected chi connectivity index (χ2v) is 3.65. The van der Waals surface area contributed by atoms with Crippen molar-refractivity contribution in [3.63, 3.8) is 0 Å². The first-order chi connectivity index (χ1) is 6.75. The van der Waals surface area contributed by atoms with E-state index in [1.54, 1.807) is 0 Å². The molecule has 0 aromatic carbocycles. The molecule has 4 heteroatoms. The molecule has 1 N–H and O–H groups in total. The highest BCUT2D eigenvalue weighted by Crippen LogP contribution is 2.04. The summed E-state index contributed by atoms with van der Waals surface area (Å²) in [4.78, 5) is 13.7. The fourth-order valence-corrected chi connectivity index (χ4v) is 1.54. The number of amides is 1. The van der Waals surface area contributed by atoms with E-state index in [1.165, 1.54) is 0 Å². The number of hydrogen-bond donors (Lipinski definition) is 1. The van der Waals surface area contributed by atoms with Crippen molar-refractivity contribution < 1.29 is 9.53 Å². The molecule has 1 atom stereocenters. The van der Waals surface area contributed by atoms with Gasteiger partial charge < -0.3 is 15.0 Å². The van der Waals surface area contributed by atoms with E-state index in [0.29, 0.717) is 13.2 Å². The smallest absolute Gasteiger partial charge is 0.226 e. The molecule has 0 aromatic heterocycles. The Bertz CT molecular complexity index is 179. The van der Waals surface area contributed by atoms with Gasteiger partial charge in [0.25, 0.3) is 0 Å². The van der Waals surface area contributed by atoms with Crippen LogP contribution in [0.15, 0.2) is 0 Å². The highest BCUT2D eigenvalue weighted by molar-refractivity contribution is 5.78. The number of morpholine rings is 1. The third-order valence-electron chi connectivity index (χ3n) is 2.44. The molecule has 4 nitrogen and oxygen atoms in total. The molecule has 0 radical (unpaired) electrons. The molecule has 1 fully saturated rings. The van der Waals surface area contributed by atoms with Crippen LogP contribution in [0, 0.1) is 5.92 Å². The van der Waals surface area contributed by atoms with Crippen molar-refractivity contribution in [3.05, 3.63) is 0 Å². The lowest BCUT2D eigenvalue weighted by Crippen LogP contribution is -2.45. The lowest BCUT2D eigenvalue weighted by molar-refractivity contribution is -0.138. The molecule has 0 bridgehead atoms. The molecule has 0 aliphatic carbocycles. The van der Waals surface area contributed by atoms with Gasteiger partial charge in [-0.1, -0.05) is 13.8 Å². The summed E-state index contributed by atoms with van der Waals surface area (Å²) in [7, 11) is 0. The van der Waals surface area contributed by atoms with Gasteiger partial charge in [-0.15, -0.1) is 0 Å². The Hall–Kier alpha value is -0.610. The Labute approximate surface area is 85.6 Å². The van der Waals surface area contributed by atoms with Crippen molar-refractivity contribution >= 4 is 5.91 Å². The van der Waals surface area contributed by atoms with Gasteiger partial charge in [-0.25, -0.2) is 0 Å². The molecule has 1 amide bonds. The van der Waals surface area contributed by atoms with Crippen molar-refractivity contribution in [1.82, 2.24) is 10.2 Å². The number of ether oxygens (including phenoxy) is 1. The standard InChI is InChI=1S/C10H20N2O2/c1-3-11-8-9(2)10(13)12-4-6-14-7-5-12/h9,11H,3-8H2,1-2H3. The fraction of sp³-hybridized carbons (Fsp3) is 0.900. The normalized spacial score (nSPS) is 19.4. The number of carbonyl (C=O) groups excluding carboxylic acids is 1. The Kier molecular flexibility index (Phi) is 4.90. The molecule has 1 unspecified atom stereocenters. The predicted molar refractivity (Wildman–Crippen MR) is 55.1 cm³/mol. The lowest BCUT2D eigenvalue weighted by Gasteiger charge is -2.29. The maximum Gasteiger partial charge on any atom is 0.226 e. The molecular weight excluding hydrogens is 180 g/mol. The van der Waals surface area contributed by atoms with Crippen LogP contribution >= 0.6 is 0 Å². The van der Waals surface area contributed by atoms with E-state index in [-0.39, 0.29) is 11.8 Å². The van der Waals surface area contributed by atoms with Gasteiger partial charge in [0, 0.05) is 25.6 Å². The van der Waals surface area contributed by atoms with E-state index in [4.69, 9.17) is 4.74 Å². The van der Waals surface area contributed by atoms with Crippen molar-refractivity contribution in [1.29, 1.82) is 0 Å². The average molecular weight is 200 g/mol. The third-order valence-corrected chi connectivity index (χ3v) is 2.44. The maximum absolute atomic E-state index is 11.8. The molecule has 1 saturated heterocycles. The summed E-state index contributed by atoms with van der Waals surface area (Å²) < 4.78 is 5.20. The number of nitrogens with zero attached hydrogens (tertiary/aromatic N) is 1. The van der Waals surface area contributed by atoms with Crippen LogP contribution in [0.2, 0.25) is 0 Å². The first kappa shape index (κ1) is 11.5. The van der Waals surface area contributed by atoms with Crippen LogP contribution < -0.4 is 5.32 Å². The molecule has 0 aromatic rings. The van der Waals surface area contributed by atoms with E-state index in [1.807, 2.05) is 18.7 Å². The molecule has 1 heterocycles. The first-order valence-electron chi connectivity index (χ1n) is 5.33. The molecule has 14 heavy (non-hydrogen) atoms. The van der Waals surface area contributed by atoms with Crippen LogP contribution in [0.25, 0.3) is 0 Å². The van der Waals surface area contributed by atoms with E-state index in [2.05, 4.69) is 5.32 Å². The van der Waals surface area contributed by atoms with Crippen LogP contribution in [0.3, 0.4) is 0 Å². The van der Waals surface area contributed by atoms with Gasteiger partial charge in [-0.2, -0.15) is 0 Å². The van der Waals surface area contributed by atoms with Crippen LogP contribution in [-0.4, -0.2) is 50.2 Å². The summed E-state index contributed by atoms with van der Waals surface area (Å²) in [5.41, 5.74) is 0. The maximum atomic E-state index is 11.8. The Balaban J connectivity index is 2.30. The quantitative estimate of drug-likeness (QED) is 0.699. The Morgan fingerprint density at radius 1 is 1.50 bits per heavy atom.